The van der Waals surface area contributed by atoms with E-state index < -0.39 is 0 Å². The van der Waals surface area contributed by atoms with Crippen LogP contribution in [0.4, 0.5) is 21.2 Å². The first-order valence-corrected chi connectivity index (χ1v) is 7.78. The highest BCUT2D eigenvalue weighted by atomic mass is 32.1. The smallest absolute Gasteiger partial charge is 0.229 e. The van der Waals surface area contributed by atoms with Gasteiger partial charge in [-0.3, -0.25) is 4.39 Å². The zero-order valence-corrected chi connectivity index (χ0v) is 13.0. The van der Waals surface area contributed by atoms with Crippen molar-refractivity contribution in [2.75, 3.05) is 30.0 Å². The molecule has 2 aromatic rings. The van der Waals surface area contributed by atoms with Crippen LogP contribution in [0.2, 0.25) is 0 Å². The second-order valence-corrected chi connectivity index (χ2v) is 6.21. The van der Waals surface area contributed by atoms with Crippen LogP contribution < -0.4 is 10.2 Å². The first-order chi connectivity index (χ1) is 10.2. The first-order valence-electron chi connectivity index (χ1n) is 7.00. The molecule has 1 aliphatic heterocycles. The summed E-state index contributed by atoms with van der Waals surface area (Å²) in [6.45, 7) is 5.47. The lowest BCUT2D eigenvalue weighted by Crippen LogP contribution is -2.47. The van der Waals surface area contributed by atoms with Crippen molar-refractivity contribution in [2.45, 2.75) is 20.3 Å². The predicted octanol–water partition coefficient (Wildman–Crippen LogP) is 3.09. The van der Waals surface area contributed by atoms with Crippen molar-refractivity contribution in [2.24, 2.45) is 5.92 Å². The summed E-state index contributed by atoms with van der Waals surface area (Å²) in [5.74, 6) is 1.96. The van der Waals surface area contributed by atoms with E-state index in [9.17, 15) is 4.39 Å². The summed E-state index contributed by atoms with van der Waals surface area (Å²) in [6, 6.07) is 1.97. The zero-order valence-electron chi connectivity index (χ0n) is 12.1. The van der Waals surface area contributed by atoms with Crippen LogP contribution in [0.5, 0.6) is 0 Å². The second-order valence-electron chi connectivity index (χ2n) is 5.41. The van der Waals surface area contributed by atoms with Crippen LogP contribution in [0.15, 0.2) is 12.3 Å². The van der Waals surface area contributed by atoms with Gasteiger partial charge >= 0.3 is 0 Å². The highest BCUT2D eigenvalue weighted by Crippen LogP contribution is 2.29. The summed E-state index contributed by atoms with van der Waals surface area (Å²) in [6.07, 6.45) is 2.47. The average Bonchev–Trinajstić information content (AvgIpc) is 2.82. The molecule has 1 aliphatic rings. The van der Waals surface area contributed by atoms with Crippen molar-refractivity contribution in [1.29, 1.82) is 0 Å². The Morgan fingerprint density at radius 2 is 2.24 bits per heavy atom. The number of hydrogen-bond donors (Lipinski definition) is 1. The van der Waals surface area contributed by atoms with E-state index in [2.05, 4.69) is 24.6 Å². The van der Waals surface area contributed by atoms with E-state index in [1.54, 1.807) is 0 Å². The van der Waals surface area contributed by atoms with Gasteiger partial charge in [-0.15, -0.1) is 0 Å². The van der Waals surface area contributed by atoms with Gasteiger partial charge in [0.15, 0.2) is 0 Å². The van der Waals surface area contributed by atoms with Crippen LogP contribution in [0.1, 0.15) is 17.7 Å². The Labute approximate surface area is 127 Å². The van der Waals surface area contributed by atoms with Crippen LogP contribution in [0.25, 0.3) is 0 Å². The van der Waals surface area contributed by atoms with Crippen LogP contribution in [0, 0.1) is 19.8 Å². The molecule has 21 heavy (non-hydrogen) atoms. The van der Waals surface area contributed by atoms with Crippen LogP contribution in [0.3, 0.4) is 0 Å². The average molecular weight is 307 g/mol. The van der Waals surface area contributed by atoms with Gasteiger partial charge in [-0.05, 0) is 43.8 Å². The summed E-state index contributed by atoms with van der Waals surface area (Å²) >= 11 is 1.39. The summed E-state index contributed by atoms with van der Waals surface area (Å²) in [5, 5.41) is 4.11. The summed E-state index contributed by atoms with van der Waals surface area (Å²) in [4.78, 5) is 11.1. The van der Waals surface area contributed by atoms with Gasteiger partial charge in [-0.2, -0.15) is 9.36 Å². The number of alkyl halides is 1. The van der Waals surface area contributed by atoms with Gasteiger partial charge in [0.25, 0.3) is 0 Å². The maximum Gasteiger partial charge on any atom is 0.229 e. The normalized spacial score (nSPS) is 15.1. The molecule has 112 valence electrons. The van der Waals surface area contributed by atoms with Gasteiger partial charge < -0.3 is 10.2 Å². The molecule has 5 nitrogen and oxygen atoms in total. The molecule has 3 heterocycles. The third kappa shape index (κ3) is 3.12. The Kier molecular flexibility index (Phi) is 4.01. The van der Waals surface area contributed by atoms with Crippen molar-refractivity contribution in [3.8, 4) is 0 Å². The van der Waals surface area contributed by atoms with Gasteiger partial charge in [-0.1, -0.05) is 0 Å². The Balaban J connectivity index is 1.71. The topological polar surface area (TPSA) is 53.9 Å². The summed E-state index contributed by atoms with van der Waals surface area (Å²) < 4.78 is 16.5. The molecular weight excluding hydrogens is 289 g/mol. The van der Waals surface area contributed by atoms with Crippen molar-refractivity contribution in [3.63, 3.8) is 0 Å². The van der Waals surface area contributed by atoms with E-state index in [0.29, 0.717) is 18.3 Å². The highest BCUT2D eigenvalue weighted by molar-refractivity contribution is 7.10. The molecule has 3 rings (SSSR count). The molecule has 1 N–H and O–H groups in total. The van der Waals surface area contributed by atoms with Gasteiger partial charge in [-0.25, -0.2) is 4.98 Å². The van der Waals surface area contributed by atoms with Crippen molar-refractivity contribution in [3.05, 3.63) is 23.5 Å². The van der Waals surface area contributed by atoms with E-state index >= 15 is 0 Å². The molecule has 1 saturated heterocycles. The second kappa shape index (κ2) is 5.93. The maximum atomic E-state index is 12.3. The van der Waals surface area contributed by atoms with Crippen LogP contribution in [-0.2, 0) is 0 Å². The molecule has 0 radical (unpaired) electrons. The maximum absolute atomic E-state index is 12.3. The molecule has 0 amide bonds. The molecule has 0 saturated carbocycles. The van der Waals surface area contributed by atoms with Crippen molar-refractivity contribution < 1.29 is 4.39 Å². The Morgan fingerprint density at radius 1 is 1.43 bits per heavy atom. The molecule has 7 heteroatoms. The Morgan fingerprint density at radius 3 is 2.90 bits per heavy atom. The minimum atomic E-state index is -0.237. The largest absolute Gasteiger partial charge is 0.356 e. The zero-order chi connectivity index (χ0) is 14.8. The number of aryl methyl sites for hydroxylation is 2. The SMILES string of the molecule is Cc1cc(Nc2ncc(C)c(N3CC(CCF)C3)n2)sn1. The lowest BCUT2D eigenvalue weighted by molar-refractivity contribution is 0.330. The van der Waals surface area contributed by atoms with E-state index in [4.69, 9.17) is 0 Å². The molecule has 0 spiro atoms. The number of anilines is 3. The number of halogens is 1. The van der Waals surface area contributed by atoms with Gasteiger partial charge in [0.2, 0.25) is 5.95 Å². The van der Waals surface area contributed by atoms with Crippen molar-refractivity contribution in [1.82, 2.24) is 14.3 Å². The number of rotatable bonds is 5. The van der Waals surface area contributed by atoms with Crippen LogP contribution in [-0.4, -0.2) is 34.1 Å². The van der Waals surface area contributed by atoms with Crippen LogP contribution >= 0.6 is 11.5 Å². The minimum Gasteiger partial charge on any atom is -0.356 e. The molecule has 2 aromatic heterocycles. The van der Waals surface area contributed by atoms with Crippen molar-refractivity contribution >= 4 is 28.3 Å². The van der Waals surface area contributed by atoms with E-state index in [0.717, 1.165) is 35.2 Å². The van der Waals surface area contributed by atoms with E-state index in [1.807, 2.05) is 26.1 Å². The quantitative estimate of drug-likeness (QED) is 0.920. The molecule has 1 fully saturated rings. The molecule has 0 bridgehead atoms. The molecule has 0 unspecified atom stereocenters. The summed E-state index contributed by atoms with van der Waals surface area (Å²) in [5.41, 5.74) is 2.02. The fraction of sp³-hybridized carbons (Fsp3) is 0.500. The predicted molar refractivity (Wildman–Crippen MR) is 83.2 cm³/mol. The van der Waals surface area contributed by atoms with E-state index in [1.165, 1.54) is 11.5 Å². The number of nitrogens with one attached hydrogen (secondary N) is 1. The third-order valence-corrected chi connectivity index (χ3v) is 4.38. The number of hydrogen-bond acceptors (Lipinski definition) is 6. The monoisotopic (exact) mass is 307 g/mol. The third-order valence-electron chi connectivity index (χ3n) is 3.58. The number of nitrogens with zero attached hydrogens (tertiary/aromatic N) is 4. The lowest BCUT2D eigenvalue weighted by atomic mass is 9.97. The standard InChI is InChI=1S/C14H18FN5S/c1-9-6-16-14(17-12-5-10(2)19-21-12)18-13(9)20-7-11(8-20)3-4-15/h5-6,11H,3-4,7-8H2,1-2H3,(H,16,17,18). The summed E-state index contributed by atoms with van der Waals surface area (Å²) in [7, 11) is 0. The fourth-order valence-corrected chi connectivity index (χ4v) is 3.08. The van der Waals surface area contributed by atoms with Gasteiger partial charge in [0.1, 0.15) is 10.8 Å². The Bertz CT molecular complexity index is 624. The molecule has 0 atom stereocenters. The number of aromatic nitrogens is 3. The lowest BCUT2D eigenvalue weighted by Gasteiger charge is -2.40. The van der Waals surface area contributed by atoms with Gasteiger partial charge in [0, 0.05) is 24.8 Å². The molecule has 0 aromatic carbocycles. The van der Waals surface area contributed by atoms with E-state index in [-0.39, 0.29) is 6.67 Å². The van der Waals surface area contributed by atoms with Gasteiger partial charge in [0.05, 0.1) is 12.4 Å². The minimum absolute atomic E-state index is 0.237. The highest BCUT2D eigenvalue weighted by Gasteiger charge is 2.28. The molecule has 0 aliphatic carbocycles. The molecular formula is C14H18FN5S. The first kappa shape index (κ1) is 14.2. The fourth-order valence-electron chi connectivity index (χ4n) is 2.43. The Hall–Kier alpha value is -1.76.